The van der Waals surface area contributed by atoms with Crippen molar-refractivity contribution in [2.75, 3.05) is 11.9 Å². The summed E-state index contributed by atoms with van der Waals surface area (Å²) in [5.41, 5.74) is -0.568. The van der Waals surface area contributed by atoms with Gasteiger partial charge in [-0.3, -0.25) is 0 Å². The van der Waals surface area contributed by atoms with Gasteiger partial charge in [0.05, 0.1) is 12.2 Å². The van der Waals surface area contributed by atoms with Crippen LogP contribution in [0.25, 0.3) is 0 Å². The maximum atomic E-state index is 12.7. The lowest BCUT2D eigenvalue weighted by molar-refractivity contribution is -0.144. The number of nitrogens with one attached hydrogen (secondary N) is 1. The highest BCUT2D eigenvalue weighted by atomic mass is 79.9. The van der Waals surface area contributed by atoms with Crippen molar-refractivity contribution in [2.45, 2.75) is 32.5 Å². The number of benzene rings is 1. The molecule has 0 saturated heterocycles. The summed E-state index contributed by atoms with van der Waals surface area (Å²) >= 11 is 3.16. The summed E-state index contributed by atoms with van der Waals surface area (Å²) in [4.78, 5) is 11.6. The molecule has 0 bridgehead atoms. The third-order valence-corrected chi connectivity index (χ3v) is 3.29. The number of ether oxygens (including phenoxy) is 1. The molecule has 0 spiro atoms. The molecule has 112 valence electrons. The lowest BCUT2D eigenvalue weighted by Crippen LogP contribution is -2.31. The van der Waals surface area contributed by atoms with Crippen LogP contribution in [0, 0.1) is 0 Å². The molecule has 0 aromatic heterocycles. The SMILES string of the molecule is CCOC(=O)C(CC)Nc1cc(C(F)(F)F)ccc1Br. The monoisotopic (exact) mass is 353 g/mol. The molecular formula is C13H15BrF3NO2. The number of hydrogen-bond donors (Lipinski definition) is 1. The molecule has 1 rings (SSSR count). The highest BCUT2D eigenvalue weighted by Gasteiger charge is 2.31. The lowest BCUT2D eigenvalue weighted by Gasteiger charge is -2.18. The summed E-state index contributed by atoms with van der Waals surface area (Å²) in [5, 5.41) is 2.77. The van der Waals surface area contributed by atoms with Crippen LogP contribution in [-0.2, 0) is 15.7 Å². The number of alkyl halides is 3. The van der Waals surface area contributed by atoms with Crippen molar-refractivity contribution < 1.29 is 22.7 Å². The number of halogens is 4. The van der Waals surface area contributed by atoms with Crippen LogP contribution in [0.4, 0.5) is 18.9 Å². The van der Waals surface area contributed by atoms with Crippen molar-refractivity contribution in [2.24, 2.45) is 0 Å². The number of esters is 1. The second kappa shape index (κ2) is 6.97. The summed E-state index contributed by atoms with van der Waals surface area (Å²) in [6, 6.07) is 2.55. The molecule has 1 N–H and O–H groups in total. The second-order valence-electron chi connectivity index (χ2n) is 4.05. The number of carbonyl (C=O) groups is 1. The molecule has 7 heteroatoms. The average molecular weight is 354 g/mol. The third kappa shape index (κ3) is 4.40. The van der Waals surface area contributed by atoms with Crippen molar-refractivity contribution >= 4 is 27.6 Å². The summed E-state index contributed by atoms with van der Waals surface area (Å²) in [7, 11) is 0. The minimum Gasteiger partial charge on any atom is -0.464 e. The predicted octanol–water partition coefficient (Wildman–Crippen LogP) is 4.22. The van der Waals surface area contributed by atoms with E-state index in [-0.39, 0.29) is 12.3 Å². The highest BCUT2D eigenvalue weighted by molar-refractivity contribution is 9.10. The van der Waals surface area contributed by atoms with E-state index >= 15 is 0 Å². The molecule has 0 aliphatic carbocycles. The van der Waals surface area contributed by atoms with Gasteiger partial charge in [0.15, 0.2) is 0 Å². The second-order valence-corrected chi connectivity index (χ2v) is 4.90. The molecule has 0 fully saturated rings. The van der Waals surface area contributed by atoms with Crippen LogP contribution >= 0.6 is 15.9 Å². The first kappa shape index (κ1) is 16.8. The standard InChI is InChI=1S/C13H15BrF3NO2/c1-3-10(12(19)20-4-2)18-11-7-8(13(15,16)17)5-6-9(11)14/h5-7,10,18H,3-4H2,1-2H3. The van der Waals surface area contributed by atoms with Crippen LogP contribution in [0.1, 0.15) is 25.8 Å². The maximum Gasteiger partial charge on any atom is 0.416 e. The van der Waals surface area contributed by atoms with E-state index in [1.165, 1.54) is 6.07 Å². The summed E-state index contributed by atoms with van der Waals surface area (Å²) in [6.07, 6.45) is -4.02. The quantitative estimate of drug-likeness (QED) is 0.805. The molecule has 0 radical (unpaired) electrons. The van der Waals surface area contributed by atoms with Crippen molar-refractivity contribution in [3.63, 3.8) is 0 Å². The molecule has 0 aliphatic heterocycles. The third-order valence-electron chi connectivity index (χ3n) is 2.60. The summed E-state index contributed by atoms with van der Waals surface area (Å²) in [6.45, 7) is 3.64. The van der Waals surface area contributed by atoms with Crippen molar-refractivity contribution in [3.05, 3.63) is 28.2 Å². The molecule has 3 nitrogen and oxygen atoms in total. The Hall–Kier alpha value is -1.24. The summed E-state index contributed by atoms with van der Waals surface area (Å²) < 4.78 is 43.3. The van der Waals surface area contributed by atoms with E-state index in [1.807, 2.05) is 0 Å². The van der Waals surface area contributed by atoms with E-state index in [0.717, 1.165) is 12.1 Å². The zero-order valence-electron chi connectivity index (χ0n) is 11.1. The topological polar surface area (TPSA) is 38.3 Å². The van der Waals surface area contributed by atoms with E-state index in [1.54, 1.807) is 13.8 Å². The van der Waals surface area contributed by atoms with Gasteiger partial charge >= 0.3 is 12.1 Å². The molecule has 0 aliphatic rings. The minimum atomic E-state index is -4.43. The van der Waals surface area contributed by atoms with Gasteiger partial charge in [0.25, 0.3) is 0 Å². The molecular weight excluding hydrogens is 339 g/mol. The van der Waals surface area contributed by atoms with E-state index in [2.05, 4.69) is 21.2 Å². The Morgan fingerprint density at radius 2 is 2.05 bits per heavy atom. The predicted molar refractivity (Wildman–Crippen MR) is 73.5 cm³/mol. The number of carbonyl (C=O) groups excluding carboxylic acids is 1. The zero-order valence-corrected chi connectivity index (χ0v) is 12.6. The molecule has 1 aromatic carbocycles. The van der Waals surface area contributed by atoms with Crippen molar-refractivity contribution in [1.82, 2.24) is 0 Å². The van der Waals surface area contributed by atoms with E-state index in [9.17, 15) is 18.0 Å². The average Bonchev–Trinajstić information content (AvgIpc) is 2.36. The smallest absolute Gasteiger partial charge is 0.416 e. The number of rotatable bonds is 5. The van der Waals surface area contributed by atoms with Gasteiger partial charge in [0.2, 0.25) is 0 Å². The first-order chi connectivity index (χ1) is 9.29. The van der Waals surface area contributed by atoms with Crippen LogP contribution in [0.5, 0.6) is 0 Å². The van der Waals surface area contributed by atoms with Gasteiger partial charge in [-0.25, -0.2) is 4.79 Å². The molecule has 0 saturated carbocycles. The van der Waals surface area contributed by atoms with Crippen LogP contribution in [0.3, 0.4) is 0 Å². The molecule has 20 heavy (non-hydrogen) atoms. The van der Waals surface area contributed by atoms with Crippen molar-refractivity contribution in [3.8, 4) is 0 Å². The molecule has 1 atom stereocenters. The molecule has 0 heterocycles. The zero-order chi connectivity index (χ0) is 15.3. The number of hydrogen-bond acceptors (Lipinski definition) is 3. The van der Waals surface area contributed by atoms with Crippen molar-refractivity contribution in [1.29, 1.82) is 0 Å². The fraction of sp³-hybridized carbons (Fsp3) is 0.462. The van der Waals surface area contributed by atoms with Gasteiger partial charge in [-0.15, -0.1) is 0 Å². The molecule has 1 aromatic rings. The largest absolute Gasteiger partial charge is 0.464 e. The van der Waals surface area contributed by atoms with Crippen LogP contribution in [0.15, 0.2) is 22.7 Å². The van der Waals surface area contributed by atoms with Crippen LogP contribution < -0.4 is 5.32 Å². The Bertz CT molecular complexity index is 477. The van der Waals surface area contributed by atoms with E-state index in [4.69, 9.17) is 4.74 Å². The molecule has 0 amide bonds. The normalized spacial score (nSPS) is 12.9. The van der Waals surface area contributed by atoms with Gasteiger partial charge in [-0.05, 0) is 47.5 Å². The first-order valence-electron chi connectivity index (χ1n) is 6.09. The molecule has 1 unspecified atom stereocenters. The Morgan fingerprint density at radius 1 is 1.40 bits per heavy atom. The maximum absolute atomic E-state index is 12.7. The van der Waals surface area contributed by atoms with Gasteiger partial charge in [-0.2, -0.15) is 13.2 Å². The van der Waals surface area contributed by atoms with E-state index < -0.39 is 23.8 Å². The van der Waals surface area contributed by atoms with Gasteiger partial charge in [0, 0.05) is 10.2 Å². The Labute approximate surface area is 123 Å². The minimum absolute atomic E-state index is 0.208. The fourth-order valence-electron chi connectivity index (χ4n) is 1.57. The van der Waals surface area contributed by atoms with Gasteiger partial charge < -0.3 is 10.1 Å². The Balaban J connectivity index is 2.98. The Morgan fingerprint density at radius 3 is 2.55 bits per heavy atom. The fourth-order valence-corrected chi connectivity index (χ4v) is 1.93. The van der Waals surface area contributed by atoms with Crippen LogP contribution in [-0.4, -0.2) is 18.6 Å². The summed E-state index contributed by atoms with van der Waals surface area (Å²) in [5.74, 6) is -0.487. The van der Waals surface area contributed by atoms with Gasteiger partial charge in [0.1, 0.15) is 6.04 Å². The number of anilines is 1. The Kier molecular flexibility index (Phi) is 5.86. The van der Waals surface area contributed by atoms with Crippen LogP contribution in [0.2, 0.25) is 0 Å². The first-order valence-corrected chi connectivity index (χ1v) is 6.88. The van der Waals surface area contributed by atoms with Gasteiger partial charge in [-0.1, -0.05) is 6.92 Å². The highest BCUT2D eigenvalue weighted by Crippen LogP contribution is 2.34. The van der Waals surface area contributed by atoms with E-state index in [0.29, 0.717) is 10.9 Å². The lowest BCUT2D eigenvalue weighted by atomic mass is 10.1.